The highest BCUT2D eigenvalue weighted by Gasteiger charge is 2.38. The monoisotopic (exact) mass is 411 g/mol. The number of hydrogen-bond acceptors (Lipinski definition) is 4. The van der Waals surface area contributed by atoms with Crippen molar-refractivity contribution in [3.8, 4) is 11.5 Å². The Morgan fingerprint density at radius 1 is 0.897 bits per heavy atom. The van der Waals surface area contributed by atoms with Gasteiger partial charge in [-0.2, -0.15) is 0 Å². The summed E-state index contributed by atoms with van der Waals surface area (Å²) in [5.41, 5.74) is 3.39. The van der Waals surface area contributed by atoms with Crippen molar-refractivity contribution in [1.82, 2.24) is 5.32 Å². The average Bonchev–Trinajstić information content (AvgIpc) is 2.72. The third-order valence-electron chi connectivity index (χ3n) is 5.69. The van der Waals surface area contributed by atoms with Crippen LogP contribution in [0.15, 0.2) is 53.7 Å². The number of hydrogen-bond donors (Lipinski definition) is 1. The summed E-state index contributed by atoms with van der Waals surface area (Å²) in [5.74, 6) is 1.03. The van der Waals surface area contributed by atoms with Gasteiger partial charge in [0.25, 0.3) is 0 Å². The minimum absolute atomic E-state index is 0.0228. The molecule has 5 nitrogen and oxygen atoms in total. The van der Waals surface area contributed by atoms with Crippen molar-refractivity contribution in [1.29, 1.82) is 0 Å². The summed E-state index contributed by atoms with van der Waals surface area (Å²) in [7, 11) is 3.18. The molecule has 150 valence electrons. The fourth-order valence-corrected chi connectivity index (χ4v) is 4.41. The molecule has 2 atom stereocenters. The van der Waals surface area contributed by atoms with Gasteiger partial charge >= 0.3 is 0 Å². The summed E-state index contributed by atoms with van der Waals surface area (Å²) >= 11 is 6.00. The van der Waals surface area contributed by atoms with Gasteiger partial charge in [0.1, 0.15) is 0 Å². The first-order valence-electron chi connectivity index (χ1n) is 9.53. The number of ketones is 1. The Labute approximate surface area is 174 Å². The fourth-order valence-electron chi connectivity index (χ4n) is 4.28. The van der Waals surface area contributed by atoms with Gasteiger partial charge in [0.05, 0.1) is 14.2 Å². The SMILES string of the molecule is COc1ccc([C@@H]2CC(=O)C3=C(C2)NC(=O)C[C@H]3c2ccc(Cl)cc2)cc1OC. The molecule has 6 heteroatoms. The van der Waals surface area contributed by atoms with Crippen LogP contribution in [0.25, 0.3) is 0 Å². The van der Waals surface area contributed by atoms with Gasteiger partial charge in [-0.1, -0.05) is 29.8 Å². The maximum absolute atomic E-state index is 13.2. The van der Waals surface area contributed by atoms with E-state index in [1.54, 1.807) is 26.4 Å². The Hall–Kier alpha value is -2.79. The molecule has 0 saturated heterocycles. The third kappa shape index (κ3) is 3.75. The summed E-state index contributed by atoms with van der Waals surface area (Å²) in [5, 5.41) is 3.58. The Bertz CT molecular complexity index is 996. The Kier molecular flexibility index (Phi) is 5.33. The van der Waals surface area contributed by atoms with Crippen LogP contribution < -0.4 is 14.8 Å². The average molecular weight is 412 g/mol. The number of amides is 1. The lowest BCUT2D eigenvalue weighted by Gasteiger charge is -2.34. The number of Topliss-reactive ketones (excluding diaryl/α,β-unsaturated/α-hetero) is 1. The second-order valence-electron chi connectivity index (χ2n) is 7.39. The molecule has 2 aromatic rings. The molecule has 0 spiro atoms. The highest BCUT2D eigenvalue weighted by atomic mass is 35.5. The molecule has 4 rings (SSSR count). The summed E-state index contributed by atoms with van der Waals surface area (Å²) in [4.78, 5) is 25.5. The van der Waals surface area contributed by atoms with Crippen molar-refractivity contribution >= 4 is 23.3 Å². The highest BCUT2D eigenvalue weighted by molar-refractivity contribution is 6.30. The molecule has 0 unspecified atom stereocenters. The van der Waals surface area contributed by atoms with Crippen molar-refractivity contribution in [2.45, 2.75) is 31.1 Å². The second kappa shape index (κ2) is 7.91. The fraction of sp³-hybridized carbons (Fsp3) is 0.304. The Balaban J connectivity index is 1.68. The van der Waals surface area contributed by atoms with Crippen LogP contribution in [0.3, 0.4) is 0 Å². The van der Waals surface area contributed by atoms with E-state index >= 15 is 0 Å². The molecular formula is C23H22ClNO4. The topological polar surface area (TPSA) is 64.6 Å². The highest BCUT2D eigenvalue weighted by Crippen LogP contribution is 2.43. The van der Waals surface area contributed by atoms with E-state index in [1.807, 2.05) is 30.3 Å². The Morgan fingerprint density at radius 2 is 1.59 bits per heavy atom. The normalized spacial score (nSPS) is 21.5. The van der Waals surface area contributed by atoms with E-state index in [1.165, 1.54) is 0 Å². The van der Waals surface area contributed by atoms with E-state index < -0.39 is 0 Å². The van der Waals surface area contributed by atoms with Gasteiger partial charge in [-0.25, -0.2) is 0 Å². The van der Waals surface area contributed by atoms with Gasteiger partial charge < -0.3 is 14.8 Å². The molecule has 1 amide bonds. The van der Waals surface area contributed by atoms with Crippen molar-refractivity contribution in [2.24, 2.45) is 0 Å². The number of rotatable bonds is 4. The molecule has 0 saturated carbocycles. The third-order valence-corrected chi connectivity index (χ3v) is 5.94. The van der Waals surface area contributed by atoms with E-state index in [-0.39, 0.29) is 29.9 Å². The number of methoxy groups -OCH3 is 2. The molecule has 1 aliphatic carbocycles. The van der Waals surface area contributed by atoms with Crippen LogP contribution in [0, 0.1) is 0 Å². The zero-order valence-electron chi connectivity index (χ0n) is 16.3. The standard InChI is InChI=1S/C23H22ClNO4/c1-28-20-8-5-14(11-21(20)29-2)15-9-18-23(19(26)10-15)17(12-22(27)25-18)13-3-6-16(24)7-4-13/h3-8,11,15,17H,9-10,12H2,1-2H3,(H,25,27)/t15-,17-/m0/s1. The van der Waals surface area contributed by atoms with Crippen molar-refractivity contribution < 1.29 is 19.1 Å². The molecule has 0 radical (unpaired) electrons. The number of carbonyl (C=O) groups is 2. The summed E-state index contributed by atoms with van der Waals surface area (Å²) in [6.07, 6.45) is 1.27. The predicted molar refractivity (Wildman–Crippen MR) is 111 cm³/mol. The first-order chi connectivity index (χ1) is 14.0. The van der Waals surface area contributed by atoms with Crippen molar-refractivity contribution in [3.63, 3.8) is 0 Å². The summed E-state index contributed by atoms with van der Waals surface area (Å²) in [6, 6.07) is 13.1. The predicted octanol–water partition coefficient (Wildman–Crippen LogP) is 4.36. The number of carbonyl (C=O) groups excluding carboxylic acids is 2. The van der Waals surface area contributed by atoms with Crippen molar-refractivity contribution in [3.05, 3.63) is 69.9 Å². The first kappa shape index (κ1) is 19.5. The van der Waals surface area contributed by atoms with E-state index in [0.717, 1.165) is 22.4 Å². The van der Waals surface area contributed by atoms with Crippen LogP contribution in [-0.4, -0.2) is 25.9 Å². The molecule has 0 aromatic heterocycles. The van der Waals surface area contributed by atoms with Crippen LogP contribution >= 0.6 is 11.6 Å². The largest absolute Gasteiger partial charge is 0.493 e. The van der Waals surface area contributed by atoms with E-state index in [0.29, 0.717) is 29.4 Å². The summed E-state index contributed by atoms with van der Waals surface area (Å²) < 4.78 is 10.7. The zero-order valence-corrected chi connectivity index (χ0v) is 17.1. The maximum atomic E-state index is 13.2. The van der Waals surface area contributed by atoms with Gasteiger partial charge in [0.2, 0.25) is 5.91 Å². The van der Waals surface area contributed by atoms with E-state index in [9.17, 15) is 9.59 Å². The van der Waals surface area contributed by atoms with Gasteiger partial charge in [-0.3, -0.25) is 9.59 Å². The van der Waals surface area contributed by atoms with Gasteiger partial charge in [-0.05, 0) is 47.7 Å². The van der Waals surface area contributed by atoms with Gasteiger partial charge in [-0.15, -0.1) is 0 Å². The Morgan fingerprint density at radius 3 is 2.28 bits per heavy atom. The number of ether oxygens (including phenoxy) is 2. The van der Waals surface area contributed by atoms with Gasteiger partial charge in [0, 0.05) is 35.1 Å². The minimum atomic E-state index is -0.227. The first-order valence-corrected chi connectivity index (χ1v) is 9.91. The number of allylic oxidation sites excluding steroid dienone is 2. The quantitative estimate of drug-likeness (QED) is 0.811. The minimum Gasteiger partial charge on any atom is -0.493 e. The lowest BCUT2D eigenvalue weighted by Crippen LogP contribution is -2.38. The lowest BCUT2D eigenvalue weighted by atomic mass is 9.73. The van der Waals surface area contributed by atoms with Crippen LogP contribution in [0.2, 0.25) is 5.02 Å². The second-order valence-corrected chi connectivity index (χ2v) is 7.83. The molecule has 0 bridgehead atoms. The van der Waals surface area contributed by atoms with Crippen LogP contribution in [-0.2, 0) is 9.59 Å². The maximum Gasteiger partial charge on any atom is 0.225 e. The number of benzene rings is 2. The molecule has 0 fully saturated rings. The number of nitrogens with one attached hydrogen (secondary N) is 1. The van der Waals surface area contributed by atoms with E-state index in [4.69, 9.17) is 21.1 Å². The van der Waals surface area contributed by atoms with Gasteiger partial charge in [0.15, 0.2) is 17.3 Å². The molecule has 1 heterocycles. The molecular weight excluding hydrogens is 390 g/mol. The van der Waals surface area contributed by atoms with Crippen LogP contribution in [0.5, 0.6) is 11.5 Å². The molecule has 1 aliphatic heterocycles. The van der Waals surface area contributed by atoms with Crippen LogP contribution in [0.4, 0.5) is 0 Å². The lowest BCUT2D eigenvalue weighted by molar-refractivity contribution is -0.122. The number of halogens is 1. The molecule has 1 N–H and O–H groups in total. The zero-order chi connectivity index (χ0) is 20.5. The van der Waals surface area contributed by atoms with E-state index in [2.05, 4.69) is 5.32 Å². The smallest absolute Gasteiger partial charge is 0.225 e. The summed E-state index contributed by atoms with van der Waals surface area (Å²) in [6.45, 7) is 0. The van der Waals surface area contributed by atoms with Crippen LogP contribution in [0.1, 0.15) is 42.2 Å². The van der Waals surface area contributed by atoms with Crippen molar-refractivity contribution in [2.75, 3.05) is 14.2 Å². The molecule has 2 aromatic carbocycles. The molecule has 29 heavy (non-hydrogen) atoms. The molecule has 2 aliphatic rings.